The Labute approximate surface area is 162 Å². The van der Waals surface area contributed by atoms with Gasteiger partial charge in [-0.2, -0.15) is 11.8 Å². The topological polar surface area (TPSA) is 51.8 Å². The first-order chi connectivity index (χ1) is 13.3. The second-order valence-corrected chi connectivity index (χ2v) is 7.71. The summed E-state index contributed by atoms with van der Waals surface area (Å²) in [6, 6.07) is 13.2. The van der Waals surface area contributed by atoms with E-state index in [0.717, 1.165) is 34.1 Å². The van der Waals surface area contributed by atoms with Crippen LogP contribution in [0.3, 0.4) is 0 Å². The van der Waals surface area contributed by atoms with Crippen LogP contribution in [0.15, 0.2) is 42.5 Å². The molecule has 0 bridgehead atoms. The molecule has 0 amide bonds. The highest BCUT2D eigenvalue weighted by atomic mass is 32.2. The van der Waals surface area contributed by atoms with Crippen molar-refractivity contribution < 1.29 is 18.6 Å². The molecule has 2 aliphatic heterocycles. The Kier molecular flexibility index (Phi) is 6.14. The normalized spacial score (nSPS) is 21.4. The highest BCUT2D eigenvalue weighted by Gasteiger charge is 2.22. The molecule has 1 saturated heterocycles. The molecule has 2 aliphatic rings. The molecule has 0 aromatic heterocycles. The zero-order valence-electron chi connectivity index (χ0n) is 14.9. The van der Waals surface area contributed by atoms with E-state index in [4.69, 9.17) is 14.2 Å². The standard InChI is InChI=1S/C20H23FN2O3S/c21-16-4-2-15(3-5-16)18-11-27-10-17(23-18)9-24-12-22-8-14-1-6-19-20(7-14)26-13-25-19/h1-7,17-18,22-23H,8-13H2/t17-,18?/m1/s1. The van der Waals surface area contributed by atoms with Crippen molar-refractivity contribution in [2.75, 3.05) is 31.6 Å². The number of ether oxygens (including phenoxy) is 3. The third kappa shape index (κ3) is 4.93. The first kappa shape index (κ1) is 18.6. The number of thioether (sulfide) groups is 1. The van der Waals surface area contributed by atoms with Crippen molar-refractivity contribution >= 4 is 11.8 Å². The second kappa shape index (κ2) is 8.93. The molecule has 27 heavy (non-hydrogen) atoms. The molecule has 2 aromatic rings. The molecule has 2 atom stereocenters. The van der Waals surface area contributed by atoms with Crippen molar-refractivity contribution in [1.82, 2.24) is 10.6 Å². The van der Waals surface area contributed by atoms with E-state index in [0.29, 0.717) is 26.7 Å². The molecule has 2 aromatic carbocycles. The van der Waals surface area contributed by atoms with E-state index in [1.54, 1.807) is 0 Å². The average molecular weight is 390 g/mol. The SMILES string of the molecule is Fc1ccc(C2CSC[C@@H](COCNCc3ccc4c(c3)OCO4)N2)cc1. The van der Waals surface area contributed by atoms with Crippen LogP contribution >= 0.6 is 11.8 Å². The lowest BCUT2D eigenvalue weighted by Gasteiger charge is -2.31. The first-order valence-electron chi connectivity index (χ1n) is 9.04. The smallest absolute Gasteiger partial charge is 0.231 e. The number of benzene rings is 2. The van der Waals surface area contributed by atoms with E-state index >= 15 is 0 Å². The monoisotopic (exact) mass is 390 g/mol. The number of rotatable bonds is 7. The summed E-state index contributed by atoms with van der Waals surface area (Å²) in [6.07, 6.45) is 0. The van der Waals surface area contributed by atoms with E-state index in [-0.39, 0.29) is 17.9 Å². The van der Waals surface area contributed by atoms with Crippen molar-refractivity contribution in [3.8, 4) is 11.5 Å². The Morgan fingerprint density at radius 1 is 1.11 bits per heavy atom. The van der Waals surface area contributed by atoms with Gasteiger partial charge < -0.3 is 19.5 Å². The summed E-state index contributed by atoms with van der Waals surface area (Å²) >= 11 is 1.90. The van der Waals surface area contributed by atoms with Gasteiger partial charge in [0.25, 0.3) is 0 Å². The zero-order valence-corrected chi connectivity index (χ0v) is 15.8. The Morgan fingerprint density at radius 2 is 1.96 bits per heavy atom. The fraction of sp³-hybridized carbons (Fsp3) is 0.400. The molecule has 2 N–H and O–H groups in total. The largest absolute Gasteiger partial charge is 0.454 e. The van der Waals surface area contributed by atoms with E-state index in [2.05, 4.69) is 10.6 Å². The Morgan fingerprint density at radius 3 is 2.85 bits per heavy atom. The van der Waals surface area contributed by atoms with Gasteiger partial charge in [0, 0.05) is 30.1 Å². The number of fused-ring (bicyclic) bond motifs is 1. The average Bonchev–Trinajstić information content (AvgIpc) is 3.16. The van der Waals surface area contributed by atoms with Gasteiger partial charge in [0.1, 0.15) is 5.82 Å². The molecule has 4 rings (SSSR count). The third-order valence-electron chi connectivity index (χ3n) is 4.60. The van der Waals surface area contributed by atoms with Gasteiger partial charge in [-0.05, 0) is 35.4 Å². The molecule has 0 radical (unpaired) electrons. The van der Waals surface area contributed by atoms with Gasteiger partial charge >= 0.3 is 0 Å². The fourth-order valence-electron chi connectivity index (χ4n) is 3.21. The number of nitrogens with one attached hydrogen (secondary N) is 2. The summed E-state index contributed by atoms with van der Waals surface area (Å²) in [5.41, 5.74) is 2.25. The third-order valence-corrected chi connectivity index (χ3v) is 5.81. The summed E-state index contributed by atoms with van der Waals surface area (Å²) < 4.78 is 29.6. The number of halogens is 1. The summed E-state index contributed by atoms with van der Waals surface area (Å²) in [4.78, 5) is 0. The van der Waals surface area contributed by atoms with Crippen LogP contribution in [-0.2, 0) is 11.3 Å². The number of hydrogen-bond acceptors (Lipinski definition) is 6. The molecular weight excluding hydrogens is 367 g/mol. The van der Waals surface area contributed by atoms with E-state index in [9.17, 15) is 4.39 Å². The van der Waals surface area contributed by atoms with Crippen molar-refractivity contribution in [3.63, 3.8) is 0 Å². The maximum Gasteiger partial charge on any atom is 0.231 e. The molecule has 7 heteroatoms. The van der Waals surface area contributed by atoms with Crippen molar-refractivity contribution in [1.29, 1.82) is 0 Å². The van der Waals surface area contributed by atoms with Crippen LogP contribution in [0.1, 0.15) is 17.2 Å². The maximum atomic E-state index is 13.1. The molecule has 2 heterocycles. The van der Waals surface area contributed by atoms with Crippen LogP contribution in [-0.4, -0.2) is 37.7 Å². The fourth-order valence-corrected chi connectivity index (χ4v) is 4.35. The molecule has 144 valence electrons. The zero-order chi connectivity index (χ0) is 18.5. The molecule has 1 unspecified atom stereocenters. The quantitative estimate of drug-likeness (QED) is 0.560. The van der Waals surface area contributed by atoms with Crippen molar-refractivity contribution in [3.05, 3.63) is 59.4 Å². The van der Waals surface area contributed by atoms with Crippen LogP contribution in [0.25, 0.3) is 0 Å². The lowest BCUT2D eigenvalue weighted by molar-refractivity contribution is 0.0965. The van der Waals surface area contributed by atoms with Gasteiger partial charge in [0.05, 0.1) is 13.3 Å². The van der Waals surface area contributed by atoms with Gasteiger partial charge in [-0.25, -0.2) is 4.39 Å². The Balaban J connectivity index is 1.17. The molecule has 0 saturated carbocycles. The number of hydrogen-bond donors (Lipinski definition) is 2. The lowest BCUT2D eigenvalue weighted by Crippen LogP contribution is -2.43. The van der Waals surface area contributed by atoms with Gasteiger partial charge in [0.2, 0.25) is 6.79 Å². The van der Waals surface area contributed by atoms with Crippen LogP contribution < -0.4 is 20.1 Å². The van der Waals surface area contributed by atoms with Gasteiger partial charge in [-0.3, -0.25) is 5.32 Å². The summed E-state index contributed by atoms with van der Waals surface area (Å²) in [7, 11) is 0. The summed E-state index contributed by atoms with van der Waals surface area (Å²) in [5, 5.41) is 6.89. The minimum Gasteiger partial charge on any atom is -0.454 e. The van der Waals surface area contributed by atoms with Crippen LogP contribution in [0, 0.1) is 5.82 Å². The van der Waals surface area contributed by atoms with Gasteiger partial charge in [-0.1, -0.05) is 18.2 Å². The highest BCUT2D eigenvalue weighted by Crippen LogP contribution is 2.32. The van der Waals surface area contributed by atoms with Crippen LogP contribution in [0.5, 0.6) is 11.5 Å². The van der Waals surface area contributed by atoms with Crippen LogP contribution in [0.2, 0.25) is 0 Å². The van der Waals surface area contributed by atoms with Gasteiger partial charge in [0.15, 0.2) is 11.5 Å². The highest BCUT2D eigenvalue weighted by molar-refractivity contribution is 7.99. The second-order valence-electron chi connectivity index (χ2n) is 6.63. The van der Waals surface area contributed by atoms with E-state index < -0.39 is 0 Å². The van der Waals surface area contributed by atoms with E-state index in [1.165, 1.54) is 12.1 Å². The molecule has 0 spiro atoms. The molecule has 5 nitrogen and oxygen atoms in total. The Bertz CT molecular complexity index is 759. The molecule has 0 aliphatic carbocycles. The molecule has 1 fully saturated rings. The minimum absolute atomic E-state index is 0.198. The Hall–Kier alpha value is -1.80. The van der Waals surface area contributed by atoms with Gasteiger partial charge in [-0.15, -0.1) is 0 Å². The van der Waals surface area contributed by atoms with Crippen molar-refractivity contribution in [2.45, 2.75) is 18.6 Å². The summed E-state index contributed by atoms with van der Waals surface area (Å²) in [6.45, 7) is 2.12. The molecular formula is C20H23FN2O3S. The lowest BCUT2D eigenvalue weighted by atomic mass is 10.1. The van der Waals surface area contributed by atoms with Crippen molar-refractivity contribution in [2.24, 2.45) is 0 Å². The minimum atomic E-state index is -0.198. The van der Waals surface area contributed by atoms with Crippen LogP contribution in [0.4, 0.5) is 4.39 Å². The predicted octanol–water partition coefficient (Wildman–Crippen LogP) is 3.06. The maximum absolute atomic E-state index is 13.1. The summed E-state index contributed by atoms with van der Waals surface area (Å²) in [5.74, 6) is 3.40. The first-order valence-corrected chi connectivity index (χ1v) is 10.2. The van der Waals surface area contributed by atoms with E-state index in [1.807, 2.05) is 42.1 Å². The predicted molar refractivity (Wildman–Crippen MR) is 104 cm³/mol.